The smallest absolute Gasteiger partial charge is 0.317 e. The number of rotatable bonds is 6. The zero-order chi connectivity index (χ0) is 18.5. The standard InChI is InChI=1S/C19H30N6O/c1-15(2)25-14-17(13-22-25)12-21-19(26)24-9-5-4-6-18(24)7-10-23-11-8-20-16(23)3/h8,11,13-15,18H,4-7,9-10,12H2,1-3H3,(H,21,26)/t18-/m1/s1. The summed E-state index contributed by atoms with van der Waals surface area (Å²) in [7, 11) is 0. The fraction of sp³-hybridized carbons (Fsp3) is 0.632. The molecular weight excluding hydrogens is 328 g/mol. The molecule has 7 nitrogen and oxygen atoms in total. The molecule has 0 aliphatic carbocycles. The number of aryl methyl sites for hydroxylation is 2. The van der Waals surface area contributed by atoms with Gasteiger partial charge in [-0.3, -0.25) is 4.68 Å². The maximum Gasteiger partial charge on any atom is 0.317 e. The van der Waals surface area contributed by atoms with E-state index >= 15 is 0 Å². The second-order valence-corrected chi connectivity index (χ2v) is 7.38. The lowest BCUT2D eigenvalue weighted by Crippen LogP contribution is -2.48. The Kier molecular flexibility index (Phi) is 5.96. The summed E-state index contributed by atoms with van der Waals surface area (Å²) >= 11 is 0. The van der Waals surface area contributed by atoms with Crippen molar-refractivity contribution >= 4 is 6.03 Å². The maximum atomic E-state index is 12.7. The Morgan fingerprint density at radius 2 is 2.23 bits per heavy atom. The summed E-state index contributed by atoms with van der Waals surface area (Å²) in [6.45, 7) is 8.47. The average Bonchev–Trinajstić information content (AvgIpc) is 3.27. The zero-order valence-electron chi connectivity index (χ0n) is 16.1. The number of nitrogens with zero attached hydrogens (tertiary/aromatic N) is 5. The molecule has 26 heavy (non-hydrogen) atoms. The normalized spacial score (nSPS) is 17.7. The first-order valence-electron chi connectivity index (χ1n) is 9.60. The highest BCUT2D eigenvalue weighted by Gasteiger charge is 2.26. The van der Waals surface area contributed by atoms with E-state index in [2.05, 4.69) is 33.8 Å². The summed E-state index contributed by atoms with van der Waals surface area (Å²) in [5, 5.41) is 7.40. The quantitative estimate of drug-likeness (QED) is 0.863. The van der Waals surface area contributed by atoms with Crippen molar-refractivity contribution < 1.29 is 4.79 Å². The predicted octanol–water partition coefficient (Wildman–Crippen LogP) is 3.12. The Bertz CT molecular complexity index is 719. The van der Waals surface area contributed by atoms with Gasteiger partial charge in [0.1, 0.15) is 5.82 Å². The molecule has 3 heterocycles. The van der Waals surface area contributed by atoms with Crippen LogP contribution in [0.25, 0.3) is 0 Å². The van der Waals surface area contributed by atoms with Crippen LogP contribution in [0.5, 0.6) is 0 Å². The number of amides is 2. The molecule has 0 bridgehead atoms. The number of hydrogen-bond acceptors (Lipinski definition) is 3. The minimum atomic E-state index is 0.0364. The van der Waals surface area contributed by atoms with Crippen molar-refractivity contribution in [2.24, 2.45) is 0 Å². The fourth-order valence-corrected chi connectivity index (χ4v) is 3.53. The maximum absolute atomic E-state index is 12.7. The minimum Gasteiger partial charge on any atom is -0.335 e. The van der Waals surface area contributed by atoms with Crippen molar-refractivity contribution in [1.29, 1.82) is 0 Å². The van der Waals surface area contributed by atoms with Gasteiger partial charge in [0.05, 0.1) is 6.20 Å². The van der Waals surface area contributed by atoms with Gasteiger partial charge in [-0.25, -0.2) is 9.78 Å². The van der Waals surface area contributed by atoms with E-state index in [0.29, 0.717) is 18.6 Å². The van der Waals surface area contributed by atoms with E-state index < -0.39 is 0 Å². The molecule has 2 amide bonds. The van der Waals surface area contributed by atoms with Gasteiger partial charge in [-0.15, -0.1) is 0 Å². The molecule has 2 aromatic rings. The molecule has 1 aliphatic rings. The summed E-state index contributed by atoms with van der Waals surface area (Å²) in [5.41, 5.74) is 1.04. The molecule has 1 saturated heterocycles. The number of carbonyl (C=O) groups excluding carboxylic acids is 1. The van der Waals surface area contributed by atoms with Gasteiger partial charge in [-0.05, 0) is 46.5 Å². The fourth-order valence-electron chi connectivity index (χ4n) is 3.53. The number of likely N-dealkylation sites (tertiary alicyclic amines) is 1. The van der Waals surface area contributed by atoms with Crippen molar-refractivity contribution in [2.75, 3.05) is 6.54 Å². The van der Waals surface area contributed by atoms with Crippen LogP contribution < -0.4 is 5.32 Å². The summed E-state index contributed by atoms with van der Waals surface area (Å²) in [4.78, 5) is 19.0. The van der Waals surface area contributed by atoms with Gasteiger partial charge >= 0.3 is 6.03 Å². The first-order valence-corrected chi connectivity index (χ1v) is 9.60. The number of piperidine rings is 1. The highest BCUT2D eigenvalue weighted by molar-refractivity contribution is 5.74. The zero-order valence-corrected chi connectivity index (χ0v) is 16.1. The molecule has 3 rings (SSSR count). The molecule has 0 unspecified atom stereocenters. The van der Waals surface area contributed by atoms with E-state index in [1.165, 1.54) is 6.42 Å². The lowest BCUT2D eigenvalue weighted by Gasteiger charge is -2.36. The molecule has 7 heteroatoms. The molecular formula is C19H30N6O. The molecule has 142 valence electrons. The van der Waals surface area contributed by atoms with Crippen LogP contribution in [0, 0.1) is 6.92 Å². The van der Waals surface area contributed by atoms with Crippen LogP contribution in [0.4, 0.5) is 4.79 Å². The molecule has 0 radical (unpaired) electrons. The Balaban J connectivity index is 1.54. The first kappa shape index (κ1) is 18.5. The Labute approximate surface area is 155 Å². The Morgan fingerprint density at radius 3 is 2.92 bits per heavy atom. The van der Waals surface area contributed by atoms with E-state index in [4.69, 9.17) is 0 Å². The second kappa shape index (κ2) is 8.38. The summed E-state index contributed by atoms with van der Waals surface area (Å²) in [5.74, 6) is 1.03. The van der Waals surface area contributed by atoms with Gasteiger partial charge in [0.25, 0.3) is 0 Å². The van der Waals surface area contributed by atoms with Gasteiger partial charge in [0.2, 0.25) is 0 Å². The number of aromatic nitrogens is 4. The first-order chi connectivity index (χ1) is 12.5. The van der Waals surface area contributed by atoms with Crippen LogP contribution in [-0.4, -0.2) is 42.8 Å². The van der Waals surface area contributed by atoms with Gasteiger partial charge < -0.3 is 14.8 Å². The molecule has 0 saturated carbocycles. The lowest BCUT2D eigenvalue weighted by atomic mass is 9.99. The topological polar surface area (TPSA) is 68.0 Å². The molecule has 2 aromatic heterocycles. The highest BCUT2D eigenvalue weighted by Crippen LogP contribution is 2.21. The van der Waals surface area contributed by atoms with Gasteiger partial charge in [0, 0.05) is 55.9 Å². The average molecular weight is 358 g/mol. The van der Waals surface area contributed by atoms with Gasteiger partial charge in [-0.2, -0.15) is 5.10 Å². The number of nitrogens with one attached hydrogen (secondary N) is 1. The van der Waals surface area contributed by atoms with Crippen LogP contribution in [-0.2, 0) is 13.1 Å². The Morgan fingerprint density at radius 1 is 1.38 bits per heavy atom. The van der Waals surface area contributed by atoms with Crippen molar-refractivity contribution in [3.63, 3.8) is 0 Å². The van der Waals surface area contributed by atoms with E-state index in [1.54, 1.807) is 0 Å². The lowest BCUT2D eigenvalue weighted by molar-refractivity contribution is 0.143. The van der Waals surface area contributed by atoms with Crippen LogP contribution in [0.15, 0.2) is 24.8 Å². The Hall–Kier alpha value is -2.31. The van der Waals surface area contributed by atoms with Gasteiger partial charge in [-0.1, -0.05) is 0 Å². The molecule has 1 fully saturated rings. The third-order valence-corrected chi connectivity index (χ3v) is 5.14. The van der Waals surface area contributed by atoms with E-state index in [0.717, 1.165) is 43.7 Å². The second-order valence-electron chi connectivity index (χ2n) is 7.38. The third kappa shape index (κ3) is 4.45. The van der Waals surface area contributed by atoms with Crippen molar-refractivity contribution in [2.45, 2.75) is 71.6 Å². The van der Waals surface area contributed by atoms with Crippen molar-refractivity contribution in [3.05, 3.63) is 36.2 Å². The van der Waals surface area contributed by atoms with E-state index in [9.17, 15) is 4.79 Å². The van der Waals surface area contributed by atoms with Crippen LogP contribution >= 0.6 is 0 Å². The number of imidazole rings is 1. The summed E-state index contributed by atoms with van der Waals surface area (Å²) in [6.07, 6.45) is 12.0. The summed E-state index contributed by atoms with van der Waals surface area (Å²) in [6, 6.07) is 0.663. The SMILES string of the molecule is Cc1nccn1CC[C@H]1CCCCN1C(=O)NCc1cnn(C(C)C)c1. The third-order valence-electron chi connectivity index (χ3n) is 5.14. The molecule has 1 N–H and O–H groups in total. The molecule has 0 spiro atoms. The highest BCUT2D eigenvalue weighted by atomic mass is 16.2. The largest absolute Gasteiger partial charge is 0.335 e. The molecule has 0 aromatic carbocycles. The van der Waals surface area contributed by atoms with E-state index in [1.807, 2.05) is 41.3 Å². The minimum absolute atomic E-state index is 0.0364. The molecule has 1 atom stereocenters. The van der Waals surface area contributed by atoms with Crippen molar-refractivity contribution in [3.8, 4) is 0 Å². The monoisotopic (exact) mass is 358 g/mol. The van der Waals surface area contributed by atoms with Crippen LogP contribution in [0.1, 0.15) is 57.0 Å². The predicted molar refractivity (Wildman–Crippen MR) is 101 cm³/mol. The van der Waals surface area contributed by atoms with Crippen LogP contribution in [0.3, 0.4) is 0 Å². The summed E-state index contributed by atoms with van der Waals surface area (Å²) < 4.78 is 4.07. The van der Waals surface area contributed by atoms with Gasteiger partial charge in [0.15, 0.2) is 0 Å². The number of hydrogen-bond donors (Lipinski definition) is 1. The number of carbonyl (C=O) groups is 1. The van der Waals surface area contributed by atoms with E-state index in [-0.39, 0.29) is 6.03 Å². The van der Waals surface area contributed by atoms with Crippen LogP contribution in [0.2, 0.25) is 0 Å². The van der Waals surface area contributed by atoms with Crippen molar-refractivity contribution in [1.82, 2.24) is 29.5 Å². The number of urea groups is 1. The molecule has 1 aliphatic heterocycles.